The summed E-state index contributed by atoms with van der Waals surface area (Å²) in [6.07, 6.45) is 7.62. The molecule has 1 nitrogen and oxygen atoms in total. The summed E-state index contributed by atoms with van der Waals surface area (Å²) in [5.74, 6) is 0.242. The minimum Gasteiger partial charge on any atom is -0.293 e. The lowest BCUT2D eigenvalue weighted by molar-refractivity contribution is 0.0999. The zero-order chi connectivity index (χ0) is 11.8. The van der Waals surface area contributed by atoms with Crippen LogP contribution in [0.4, 0.5) is 0 Å². The van der Waals surface area contributed by atoms with Gasteiger partial charge in [-0.3, -0.25) is 4.79 Å². The SMILES string of the molecule is CCCCC/C=C(\I)CC(=O)c1cccs1. The van der Waals surface area contributed by atoms with Gasteiger partial charge in [-0.25, -0.2) is 0 Å². The van der Waals surface area contributed by atoms with Crippen LogP contribution < -0.4 is 0 Å². The van der Waals surface area contributed by atoms with E-state index in [2.05, 4.69) is 35.6 Å². The summed E-state index contributed by atoms with van der Waals surface area (Å²) in [5, 5.41) is 1.95. The highest BCUT2D eigenvalue weighted by molar-refractivity contribution is 14.1. The van der Waals surface area contributed by atoms with Gasteiger partial charge in [0.05, 0.1) is 4.88 Å². The van der Waals surface area contributed by atoms with Crippen LogP contribution in [0, 0.1) is 0 Å². The molecule has 0 amide bonds. The minimum absolute atomic E-state index is 0.242. The molecular formula is C13H17IOS. The molecule has 1 aromatic rings. The molecule has 0 aliphatic heterocycles. The fraction of sp³-hybridized carbons (Fsp3) is 0.462. The topological polar surface area (TPSA) is 17.1 Å². The molecular weight excluding hydrogens is 331 g/mol. The van der Waals surface area contributed by atoms with E-state index in [-0.39, 0.29) is 5.78 Å². The fourth-order valence-corrected chi connectivity index (χ4v) is 2.73. The van der Waals surface area contributed by atoms with Gasteiger partial charge in [0.25, 0.3) is 0 Å². The van der Waals surface area contributed by atoms with Crippen LogP contribution in [0.1, 0.15) is 48.7 Å². The van der Waals surface area contributed by atoms with E-state index in [0.717, 1.165) is 11.3 Å². The molecule has 0 bridgehead atoms. The first-order chi connectivity index (χ1) is 7.74. The maximum atomic E-state index is 11.8. The first kappa shape index (κ1) is 13.9. The number of ketones is 1. The van der Waals surface area contributed by atoms with Crippen molar-refractivity contribution < 1.29 is 4.79 Å². The zero-order valence-electron chi connectivity index (χ0n) is 9.54. The molecule has 16 heavy (non-hydrogen) atoms. The standard InChI is InChI=1S/C13H17IOS/c1-2-3-4-5-7-11(14)10-12(15)13-8-6-9-16-13/h6-9H,2-5,10H2,1H3/b11-7-. The van der Waals surface area contributed by atoms with Gasteiger partial charge in [-0.05, 0) is 50.5 Å². The van der Waals surface area contributed by atoms with E-state index >= 15 is 0 Å². The number of unbranched alkanes of at least 4 members (excludes halogenated alkanes) is 3. The van der Waals surface area contributed by atoms with Gasteiger partial charge in [0, 0.05) is 6.42 Å². The average molecular weight is 348 g/mol. The lowest BCUT2D eigenvalue weighted by Crippen LogP contribution is -1.94. The molecule has 0 spiro atoms. The van der Waals surface area contributed by atoms with E-state index in [1.807, 2.05) is 17.5 Å². The Morgan fingerprint density at radius 2 is 2.31 bits per heavy atom. The molecule has 0 unspecified atom stereocenters. The van der Waals surface area contributed by atoms with Crippen LogP contribution in [0.3, 0.4) is 0 Å². The molecule has 0 fully saturated rings. The first-order valence-corrected chi connectivity index (χ1v) is 7.61. The Balaban J connectivity index is 2.33. The van der Waals surface area contributed by atoms with Crippen LogP contribution in [-0.4, -0.2) is 5.78 Å². The lowest BCUT2D eigenvalue weighted by Gasteiger charge is -1.98. The second-order valence-corrected chi connectivity index (χ2v) is 6.06. The van der Waals surface area contributed by atoms with Gasteiger partial charge in [0.15, 0.2) is 5.78 Å². The second kappa shape index (κ2) is 8.01. The number of allylic oxidation sites excluding steroid dienone is 2. The van der Waals surface area contributed by atoms with Gasteiger partial charge in [0.1, 0.15) is 0 Å². The lowest BCUT2D eigenvalue weighted by atomic mass is 10.1. The zero-order valence-corrected chi connectivity index (χ0v) is 12.5. The largest absolute Gasteiger partial charge is 0.293 e. The molecule has 0 aliphatic carbocycles. The van der Waals surface area contributed by atoms with Gasteiger partial charge < -0.3 is 0 Å². The summed E-state index contributed by atoms with van der Waals surface area (Å²) in [6, 6.07) is 3.82. The summed E-state index contributed by atoms with van der Waals surface area (Å²) in [7, 11) is 0. The molecule has 0 saturated carbocycles. The average Bonchev–Trinajstić information content (AvgIpc) is 2.77. The van der Waals surface area contributed by atoms with Gasteiger partial charge in [0.2, 0.25) is 0 Å². The van der Waals surface area contributed by atoms with E-state index in [0.29, 0.717) is 6.42 Å². The third kappa shape index (κ3) is 5.25. The Kier molecular flexibility index (Phi) is 6.96. The summed E-state index contributed by atoms with van der Waals surface area (Å²) >= 11 is 3.80. The predicted molar refractivity (Wildman–Crippen MR) is 79.5 cm³/mol. The van der Waals surface area contributed by atoms with Crippen LogP contribution in [0.25, 0.3) is 0 Å². The van der Waals surface area contributed by atoms with E-state index in [1.54, 1.807) is 0 Å². The third-order valence-corrected chi connectivity index (χ3v) is 4.03. The van der Waals surface area contributed by atoms with Crippen molar-refractivity contribution in [1.29, 1.82) is 0 Å². The highest BCUT2D eigenvalue weighted by atomic mass is 127. The van der Waals surface area contributed by atoms with Crippen molar-refractivity contribution in [2.24, 2.45) is 0 Å². The third-order valence-electron chi connectivity index (χ3n) is 2.30. The second-order valence-electron chi connectivity index (χ2n) is 3.72. The summed E-state index contributed by atoms with van der Waals surface area (Å²) in [6.45, 7) is 2.20. The van der Waals surface area contributed by atoms with Crippen LogP contribution in [0.15, 0.2) is 27.2 Å². The molecule has 0 aliphatic rings. The molecule has 0 atom stereocenters. The Morgan fingerprint density at radius 1 is 1.50 bits per heavy atom. The summed E-state index contributed by atoms with van der Waals surface area (Å²) in [4.78, 5) is 12.6. The molecule has 0 N–H and O–H groups in total. The van der Waals surface area contributed by atoms with Gasteiger partial charge >= 0.3 is 0 Å². The number of rotatable bonds is 7. The Hall–Kier alpha value is -0.160. The number of carbonyl (C=O) groups excluding carboxylic acids is 1. The van der Waals surface area contributed by atoms with Crippen molar-refractivity contribution in [1.82, 2.24) is 0 Å². The van der Waals surface area contributed by atoms with Crippen LogP contribution in [0.2, 0.25) is 0 Å². The van der Waals surface area contributed by atoms with Crippen molar-refractivity contribution in [2.75, 3.05) is 0 Å². The van der Waals surface area contributed by atoms with Crippen molar-refractivity contribution in [3.8, 4) is 0 Å². The number of carbonyl (C=O) groups is 1. The number of Topliss-reactive ketones (excluding diaryl/α,β-unsaturated/α-hetero) is 1. The van der Waals surface area contributed by atoms with Gasteiger partial charge in [-0.1, -0.05) is 31.9 Å². The fourth-order valence-electron chi connectivity index (χ4n) is 1.40. The number of thiophene rings is 1. The van der Waals surface area contributed by atoms with Gasteiger partial charge in [-0.15, -0.1) is 11.3 Å². The molecule has 0 radical (unpaired) electrons. The van der Waals surface area contributed by atoms with Crippen molar-refractivity contribution in [3.05, 3.63) is 32.0 Å². The van der Waals surface area contributed by atoms with Crippen LogP contribution in [-0.2, 0) is 0 Å². The molecule has 1 heterocycles. The van der Waals surface area contributed by atoms with E-state index in [4.69, 9.17) is 0 Å². The van der Waals surface area contributed by atoms with E-state index in [9.17, 15) is 4.79 Å². The maximum absolute atomic E-state index is 11.8. The first-order valence-electron chi connectivity index (χ1n) is 5.65. The Labute approximate surface area is 115 Å². The molecule has 1 rings (SSSR count). The van der Waals surface area contributed by atoms with Crippen molar-refractivity contribution in [2.45, 2.75) is 39.0 Å². The quantitative estimate of drug-likeness (QED) is 0.375. The van der Waals surface area contributed by atoms with Crippen LogP contribution in [0.5, 0.6) is 0 Å². The summed E-state index contributed by atoms with van der Waals surface area (Å²) < 4.78 is 1.17. The molecule has 88 valence electrons. The highest BCUT2D eigenvalue weighted by Crippen LogP contribution is 2.19. The summed E-state index contributed by atoms with van der Waals surface area (Å²) in [5.41, 5.74) is 0. The molecule has 3 heteroatoms. The molecule has 0 aromatic carbocycles. The minimum atomic E-state index is 0.242. The molecule has 0 saturated heterocycles. The smallest absolute Gasteiger partial charge is 0.177 e. The van der Waals surface area contributed by atoms with Gasteiger partial charge in [-0.2, -0.15) is 0 Å². The van der Waals surface area contributed by atoms with Crippen LogP contribution >= 0.6 is 33.9 Å². The number of hydrogen-bond acceptors (Lipinski definition) is 2. The Bertz CT molecular complexity index is 341. The van der Waals surface area contributed by atoms with Crippen molar-refractivity contribution >= 4 is 39.7 Å². The predicted octanol–water partition coefficient (Wildman–Crippen LogP) is 5.22. The Morgan fingerprint density at radius 3 is 2.94 bits per heavy atom. The normalized spacial score (nSPS) is 11.8. The van der Waals surface area contributed by atoms with Crippen molar-refractivity contribution in [3.63, 3.8) is 0 Å². The number of halogens is 1. The highest BCUT2D eigenvalue weighted by Gasteiger charge is 2.07. The van der Waals surface area contributed by atoms with E-state index in [1.165, 1.54) is 34.2 Å². The monoisotopic (exact) mass is 348 g/mol. The maximum Gasteiger partial charge on any atom is 0.177 e. The van der Waals surface area contributed by atoms with E-state index < -0.39 is 0 Å². The number of hydrogen-bond donors (Lipinski definition) is 0. The molecule has 1 aromatic heterocycles.